The quantitative estimate of drug-likeness (QED) is 0.772. The first-order chi connectivity index (χ1) is 10.8. The van der Waals surface area contributed by atoms with Gasteiger partial charge in [-0.05, 0) is 18.1 Å². The standard InChI is InChI=1S/C15H22N2O5S/c1-21-13-5-3-4-12(15(13)22-2)6-7-17-9-11(8-14(17)18)10-23(16,19)20/h3-5,11H,6-10H2,1-2H3,(H2,16,19,20). The van der Waals surface area contributed by atoms with Crippen LogP contribution in [0.3, 0.4) is 0 Å². The first kappa shape index (κ1) is 17.6. The predicted molar refractivity (Wildman–Crippen MR) is 85.9 cm³/mol. The summed E-state index contributed by atoms with van der Waals surface area (Å²) in [6.45, 7) is 0.922. The van der Waals surface area contributed by atoms with E-state index < -0.39 is 10.0 Å². The minimum absolute atomic E-state index is 0.0412. The van der Waals surface area contributed by atoms with Gasteiger partial charge >= 0.3 is 0 Å². The molecule has 128 valence electrons. The topological polar surface area (TPSA) is 98.9 Å². The van der Waals surface area contributed by atoms with Crippen molar-refractivity contribution in [3.8, 4) is 11.5 Å². The summed E-state index contributed by atoms with van der Waals surface area (Å²) in [5, 5.41) is 5.05. The molecule has 0 radical (unpaired) electrons. The Labute approximate surface area is 136 Å². The summed E-state index contributed by atoms with van der Waals surface area (Å²) in [7, 11) is -0.410. The molecule has 1 aromatic rings. The van der Waals surface area contributed by atoms with Gasteiger partial charge in [0.1, 0.15) is 0 Å². The van der Waals surface area contributed by atoms with Crippen molar-refractivity contribution >= 4 is 15.9 Å². The Kier molecular flexibility index (Phi) is 5.48. The van der Waals surface area contributed by atoms with Crippen LogP contribution in [0.15, 0.2) is 18.2 Å². The lowest BCUT2D eigenvalue weighted by Crippen LogP contribution is -2.29. The zero-order valence-electron chi connectivity index (χ0n) is 13.3. The first-order valence-electron chi connectivity index (χ1n) is 7.32. The predicted octanol–water partition coefficient (Wildman–Crippen LogP) is 0.383. The number of likely N-dealkylation sites (tertiary alicyclic amines) is 1. The molecule has 1 saturated heterocycles. The van der Waals surface area contributed by atoms with Gasteiger partial charge in [0, 0.05) is 25.4 Å². The van der Waals surface area contributed by atoms with Gasteiger partial charge in [0.15, 0.2) is 11.5 Å². The van der Waals surface area contributed by atoms with Crippen molar-refractivity contribution < 1.29 is 22.7 Å². The fraction of sp³-hybridized carbons (Fsp3) is 0.533. The number of sulfonamides is 1. The van der Waals surface area contributed by atoms with E-state index in [1.165, 1.54) is 0 Å². The number of nitrogens with two attached hydrogens (primary N) is 1. The number of para-hydroxylation sites is 1. The van der Waals surface area contributed by atoms with Gasteiger partial charge in [0.05, 0.1) is 20.0 Å². The molecular formula is C15H22N2O5S. The second-order valence-corrected chi connectivity index (χ2v) is 7.30. The van der Waals surface area contributed by atoms with Crippen LogP contribution in [0.4, 0.5) is 0 Å². The van der Waals surface area contributed by atoms with Crippen molar-refractivity contribution in [2.24, 2.45) is 11.1 Å². The molecule has 0 spiro atoms. The minimum Gasteiger partial charge on any atom is -0.493 e. The normalized spacial score (nSPS) is 18.3. The number of carbonyl (C=O) groups excluding carboxylic acids is 1. The Morgan fingerprint density at radius 1 is 1.30 bits per heavy atom. The van der Waals surface area contributed by atoms with E-state index in [9.17, 15) is 13.2 Å². The lowest BCUT2D eigenvalue weighted by Gasteiger charge is -2.18. The number of benzene rings is 1. The summed E-state index contributed by atoms with van der Waals surface area (Å²) in [5.74, 6) is 0.871. The van der Waals surface area contributed by atoms with Gasteiger partial charge in [-0.2, -0.15) is 0 Å². The summed E-state index contributed by atoms with van der Waals surface area (Å²) in [5.41, 5.74) is 0.939. The smallest absolute Gasteiger partial charge is 0.222 e. The maximum absolute atomic E-state index is 12.0. The monoisotopic (exact) mass is 342 g/mol. The maximum atomic E-state index is 12.0. The highest BCUT2D eigenvalue weighted by atomic mass is 32.2. The number of hydrogen-bond acceptors (Lipinski definition) is 5. The van der Waals surface area contributed by atoms with E-state index in [1.807, 2.05) is 18.2 Å². The summed E-state index contributed by atoms with van der Waals surface area (Å²) < 4.78 is 32.9. The van der Waals surface area contributed by atoms with Crippen LogP contribution in [0.25, 0.3) is 0 Å². The fourth-order valence-electron chi connectivity index (χ4n) is 2.92. The molecule has 1 unspecified atom stereocenters. The maximum Gasteiger partial charge on any atom is 0.222 e. The second kappa shape index (κ2) is 7.18. The number of methoxy groups -OCH3 is 2. The molecule has 0 bridgehead atoms. The van der Waals surface area contributed by atoms with E-state index in [0.717, 1.165) is 5.56 Å². The summed E-state index contributed by atoms with van der Waals surface area (Å²) in [6, 6.07) is 5.60. The van der Waals surface area contributed by atoms with Crippen LogP contribution >= 0.6 is 0 Å². The van der Waals surface area contributed by atoms with E-state index >= 15 is 0 Å². The molecule has 1 atom stereocenters. The van der Waals surface area contributed by atoms with Crippen LogP contribution in [0.2, 0.25) is 0 Å². The van der Waals surface area contributed by atoms with Gasteiger partial charge < -0.3 is 14.4 Å². The van der Waals surface area contributed by atoms with Crippen molar-refractivity contribution in [3.05, 3.63) is 23.8 Å². The third-order valence-electron chi connectivity index (χ3n) is 3.90. The molecule has 8 heteroatoms. The molecule has 1 aliphatic rings. The number of hydrogen-bond donors (Lipinski definition) is 1. The number of ether oxygens (including phenoxy) is 2. The van der Waals surface area contributed by atoms with E-state index in [1.54, 1.807) is 19.1 Å². The van der Waals surface area contributed by atoms with Gasteiger partial charge in [-0.1, -0.05) is 12.1 Å². The van der Waals surface area contributed by atoms with Crippen molar-refractivity contribution in [1.82, 2.24) is 4.90 Å². The highest BCUT2D eigenvalue weighted by molar-refractivity contribution is 7.89. The Balaban J connectivity index is 2.00. The SMILES string of the molecule is COc1cccc(CCN2CC(CS(N)(=O)=O)CC2=O)c1OC. The number of carbonyl (C=O) groups is 1. The molecule has 7 nitrogen and oxygen atoms in total. The summed E-state index contributed by atoms with van der Waals surface area (Å²) in [4.78, 5) is 13.7. The van der Waals surface area contributed by atoms with Crippen LogP contribution < -0.4 is 14.6 Å². The van der Waals surface area contributed by atoms with Gasteiger partial charge in [-0.3, -0.25) is 4.79 Å². The third-order valence-corrected chi connectivity index (χ3v) is 4.83. The number of rotatable bonds is 7. The lowest BCUT2D eigenvalue weighted by atomic mass is 10.1. The largest absolute Gasteiger partial charge is 0.493 e. The van der Waals surface area contributed by atoms with Crippen molar-refractivity contribution in [2.75, 3.05) is 33.1 Å². The van der Waals surface area contributed by atoms with Gasteiger partial charge in [0.25, 0.3) is 0 Å². The molecule has 0 aliphatic carbocycles. The van der Waals surface area contributed by atoms with Crippen LogP contribution in [-0.4, -0.2) is 52.3 Å². The number of amides is 1. The van der Waals surface area contributed by atoms with Crippen LogP contribution in [0, 0.1) is 5.92 Å². The van der Waals surface area contributed by atoms with Crippen LogP contribution in [0.5, 0.6) is 11.5 Å². The molecule has 0 aromatic heterocycles. The van der Waals surface area contributed by atoms with Gasteiger partial charge in [-0.15, -0.1) is 0 Å². The van der Waals surface area contributed by atoms with Gasteiger partial charge in [0.2, 0.25) is 15.9 Å². The van der Waals surface area contributed by atoms with E-state index in [4.69, 9.17) is 14.6 Å². The number of primary sulfonamides is 1. The first-order valence-corrected chi connectivity index (χ1v) is 9.03. The average Bonchev–Trinajstić information content (AvgIpc) is 2.81. The van der Waals surface area contributed by atoms with E-state index in [0.29, 0.717) is 31.0 Å². The molecule has 1 fully saturated rings. The molecule has 1 amide bonds. The average molecular weight is 342 g/mol. The van der Waals surface area contributed by atoms with Crippen LogP contribution in [-0.2, 0) is 21.2 Å². The molecule has 1 aliphatic heterocycles. The molecule has 2 rings (SSSR count). The Hall–Kier alpha value is -1.80. The summed E-state index contributed by atoms with van der Waals surface area (Å²) in [6.07, 6.45) is 0.833. The Morgan fingerprint density at radius 2 is 2.04 bits per heavy atom. The second-order valence-electron chi connectivity index (χ2n) is 5.64. The van der Waals surface area contributed by atoms with Crippen molar-refractivity contribution in [3.63, 3.8) is 0 Å². The molecule has 23 heavy (non-hydrogen) atoms. The minimum atomic E-state index is -3.56. The number of nitrogens with zero attached hydrogens (tertiary/aromatic N) is 1. The van der Waals surface area contributed by atoms with Crippen molar-refractivity contribution in [1.29, 1.82) is 0 Å². The van der Waals surface area contributed by atoms with Crippen LogP contribution in [0.1, 0.15) is 12.0 Å². The highest BCUT2D eigenvalue weighted by Gasteiger charge is 2.31. The van der Waals surface area contributed by atoms with E-state index in [-0.39, 0.29) is 24.0 Å². The van der Waals surface area contributed by atoms with Gasteiger partial charge in [-0.25, -0.2) is 13.6 Å². The molecule has 0 saturated carbocycles. The molecule has 1 aromatic carbocycles. The summed E-state index contributed by atoms with van der Waals surface area (Å²) >= 11 is 0. The third kappa shape index (κ3) is 4.59. The Bertz CT molecular complexity index is 674. The zero-order valence-corrected chi connectivity index (χ0v) is 14.1. The molecular weight excluding hydrogens is 320 g/mol. The molecule has 2 N–H and O–H groups in total. The fourth-order valence-corrected chi connectivity index (χ4v) is 3.80. The zero-order chi connectivity index (χ0) is 17.0. The lowest BCUT2D eigenvalue weighted by molar-refractivity contribution is -0.127. The van der Waals surface area contributed by atoms with Crippen molar-refractivity contribution in [2.45, 2.75) is 12.8 Å². The molecule has 1 heterocycles. The van der Waals surface area contributed by atoms with E-state index in [2.05, 4.69) is 0 Å². The Morgan fingerprint density at radius 3 is 2.65 bits per heavy atom. The highest BCUT2D eigenvalue weighted by Crippen LogP contribution is 2.31.